The zero-order valence-corrected chi connectivity index (χ0v) is 29.4. The Kier molecular flexibility index (Phi) is 10.5. The number of esters is 1. The van der Waals surface area contributed by atoms with Gasteiger partial charge >= 0.3 is 12.1 Å². The molecule has 3 aliphatic rings. The van der Waals surface area contributed by atoms with Crippen molar-refractivity contribution in [2.75, 3.05) is 42.6 Å². The molecular formula is C40H47N3O7. The Bertz CT molecular complexity index is 1720. The first-order chi connectivity index (χ1) is 24.0. The van der Waals surface area contributed by atoms with E-state index >= 15 is 0 Å². The van der Waals surface area contributed by atoms with Gasteiger partial charge in [-0.2, -0.15) is 0 Å². The molecule has 3 aromatic carbocycles. The molecule has 10 heteroatoms. The third-order valence-electron chi connectivity index (χ3n) is 9.38. The number of ether oxygens (including phenoxy) is 3. The average molecular weight is 682 g/mol. The zero-order chi connectivity index (χ0) is 35.4. The predicted molar refractivity (Wildman–Crippen MR) is 191 cm³/mol. The number of carbonyl (C=O) groups is 4. The third kappa shape index (κ3) is 8.12. The summed E-state index contributed by atoms with van der Waals surface area (Å²) in [5, 5.41) is 0. The van der Waals surface area contributed by atoms with Crippen molar-refractivity contribution in [3.05, 3.63) is 78.4 Å². The van der Waals surface area contributed by atoms with Crippen molar-refractivity contribution in [2.45, 2.75) is 77.4 Å². The summed E-state index contributed by atoms with van der Waals surface area (Å²) in [6.45, 7) is 8.53. The van der Waals surface area contributed by atoms with Crippen LogP contribution in [0.1, 0.15) is 71.3 Å². The third-order valence-corrected chi connectivity index (χ3v) is 9.38. The second-order valence-electron chi connectivity index (χ2n) is 14.3. The predicted octanol–water partition coefficient (Wildman–Crippen LogP) is 6.96. The van der Waals surface area contributed by atoms with Crippen LogP contribution in [0.2, 0.25) is 0 Å². The molecule has 0 radical (unpaired) electrons. The van der Waals surface area contributed by atoms with Crippen molar-refractivity contribution < 1.29 is 33.4 Å². The summed E-state index contributed by atoms with van der Waals surface area (Å²) in [6, 6.07) is 24.1. The molecule has 1 aliphatic carbocycles. The smallest absolute Gasteiger partial charge is 0.410 e. The summed E-state index contributed by atoms with van der Waals surface area (Å²) in [4.78, 5) is 58.5. The van der Waals surface area contributed by atoms with Crippen LogP contribution in [0.5, 0.6) is 5.75 Å². The van der Waals surface area contributed by atoms with Gasteiger partial charge in [-0.05, 0) is 94.2 Å². The van der Waals surface area contributed by atoms with Crippen LogP contribution >= 0.6 is 0 Å². The second kappa shape index (κ2) is 14.9. The van der Waals surface area contributed by atoms with Crippen molar-refractivity contribution in [3.63, 3.8) is 0 Å². The van der Waals surface area contributed by atoms with E-state index in [9.17, 15) is 19.2 Å². The lowest BCUT2D eigenvalue weighted by Gasteiger charge is -2.41. The number of benzene rings is 3. The van der Waals surface area contributed by atoms with Gasteiger partial charge in [0.05, 0.1) is 18.2 Å². The number of hydrogen-bond donors (Lipinski definition) is 0. The minimum Gasteiger partial charge on any atom is -0.482 e. The number of amides is 3. The molecule has 0 spiro atoms. The largest absolute Gasteiger partial charge is 0.482 e. The molecule has 2 atom stereocenters. The molecule has 1 saturated carbocycles. The summed E-state index contributed by atoms with van der Waals surface area (Å²) >= 11 is 0. The molecule has 50 heavy (non-hydrogen) atoms. The summed E-state index contributed by atoms with van der Waals surface area (Å²) < 4.78 is 16.6. The van der Waals surface area contributed by atoms with E-state index in [-0.39, 0.29) is 49.3 Å². The van der Waals surface area contributed by atoms with Crippen LogP contribution in [-0.4, -0.2) is 73.3 Å². The number of hydrogen-bond acceptors (Lipinski definition) is 7. The molecule has 2 heterocycles. The van der Waals surface area contributed by atoms with E-state index in [0.717, 1.165) is 29.5 Å². The van der Waals surface area contributed by atoms with Gasteiger partial charge in [-0.25, -0.2) is 4.79 Å². The van der Waals surface area contributed by atoms with Crippen molar-refractivity contribution in [1.29, 1.82) is 0 Å². The average Bonchev–Trinajstić information content (AvgIpc) is 3.94. The van der Waals surface area contributed by atoms with E-state index in [1.165, 1.54) is 0 Å². The molecule has 10 nitrogen and oxygen atoms in total. The molecule has 1 saturated heterocycles. The lowest BCUT2D eigenvalue weighted by atomic mass is 9.79. The Labute approximate surface area is 294 Å². The van der Waals surface area contributed by atoms with E-state index in [1.54, 1.807) is 16.7 Å². The highest BCUT2D eigenvalue weighted by Gasteiger charge is 2.44. The zero-order valence-electron chi connectivity index (χ0n) is 29.4. The maximum absolute atomic E-state index is 15.0. The Morgan fingerprint density at radius 3 is 2.42 bits per heavy atom. The highest BCUT2D eigenvalue weighted by molar-refractivity contribution is 6.01. The minimum absolute atomic E-state index is 0.00577. The molecule has 0 bridgehead atoms. The van der Waals surface area contributed by atoms with E-state index in [4.69, 9.17) is 14.2 Å². The Morgan fingerprint density at radius 2 is 1.70 bits per heavy atom. The van der Waals surface area contributed by atoms with E-state index in [1.807, 2.05) is 68.1 Å². The normalized spacial score (nSPS) is 18.9. The first kappa shape index (κ1) is 35.0. The van der Waals surface area contributed by atoms with Gasteiger partial charge in [0.2, 0.25) is 5.91 Å². The van der Waals surface area contributed by atoms with Gasteiger partial charge in [-0.1, -0.05) is 54.6 Å². The van der Waals surface area contributed by atoms with Gasteiger partial charge in [0.1, 0.15) is 11.4 Å². The quantitative estimate of drug-likeness (QED) is 0.213. The van der Waals surface area contributed by atoms with Crippen molar-refractivity contribution >= 4 is 35.3 Å². The second-order valence-corrected chi connectivity index (χ2v) is 14.3. The lowest BCUT2D eigenvalue weighted by molar-refractivity contribution is -0.143. The van der Waals surface area contributed by atoms with Crippen LogP contribution in [0, 0.1) is 5.92 Å². The lowest BCUT2D eigenvalue weighted by Crippen LogP contribution is -2.51. The van der Waals surface area contributed by atoms with Crippen molar-refractivity contribution in [3.8, 4) is 16.9 Å². The summed E-state index contributed by atoms with van der Waals surface area (Å²) in [5.74, 6) is -0.679. The molecule has 0 aromatic heterocycles. The fourth-order valence-corrected chi connectivity index (χ4v) is 6.90. The summed E-state index contributed by atoms with van der Waals surface area (Å²) in [6.07, 6.45) is 2.53. The first-order valence-corrected chi connectivity index (χ1v) is 17.7. The molecule has 0 unspecified atom stereocenters. The van der Waals surface area contributed by atoms with Crippen LogP contribution in [0.15, 0.2) is 72.8 Å². The molecule has 3 aromatic rings. The number of fused-ring (bicyclic) bond motifs is 1. The number of carbonyl (C=O) groups excluding carboxylic acids is 4. The first-order valence-electron chi connectivity index (χ1n) is 17.7. The SMILES string of the molecule is CCOC(=O)CCCN1C(=O)COc2ccc(N(C(=O)[C@H]3CN(C(=O)OC(C)(C)C)CC[C@@H]3c3cccc(-c4ccccc4)c3)C3CC3)cc21. The van der Waals surface area contributed by atoms with Crippen LogP contribution in [0.4, 0.5) is 16.2 Å². The van der Waals surface area contributed by atoms with Crippen LogP contribution < -0.4 is 14.5 Å². The van der Waals surface area contributed by atoms with Gasteiger partial charge in [0, 0.05) is 37.8 Å². The monoisotopic (exact) mass is 681 g/mol. The Balaban J connectivity index is 1.32. The maximum atomic E-state index is 15.0. The van der Waals surface area contributed by atoms with Gasteiger partial charge in [-0.3, -0.25) is 14.4 Å². The molecule has 264 valence electrons. The highest BCUT2D eigenvalue weighted by Crippen LogP contribution is 2.43. The molecule has 6 rings (SSSR count). The van der Waals surface area contributed by atoms with E-state index in [2.05, 4.69) is 30.3 Å². The summed E-state index contributed by atoms with van der Waals surface area (Å²) in [7, 11) is 0. The fraction of sp³-hybridized carbons (Fsp3) is 0.450. The molecule has 2 aliphatic heterocycles. The van der Waals surface area contributed by atoms with Gasteiger partial charge in [0.15, 0.2) is 6.61 Å². The number of anilines is 2. The highest BCUT2D eigenvalue weighted by atomic mass is 16.6. The Hall–Kier alpha value is -4.86. The van der Waals surface area contributed by atoms with Crippen molar-refractivity contribution in [2.24, 2.45) is 5.92 Å². The summed E-state index contributed by atoms with van der Waals surface area (Å²) in [5.41, 5.74) is 3.82. The number of piperidine rings is 1. The standard InChI is InChI=1S/C40H47N3O7/c1-5-48-37(45)15-10-21-42-34-24-31(18-19-35(34)49-26-36(42)44)43(30-16-17-30)38(46)33-25-41(39(47)50-40(2,3)4)22-20-32(33)29-14-9-13-28(23-29)27-11-7-6-8-12-27/h6-9,11-14,18-19,23-24,30,32-33H,5,10,15-17,20-22,25-26H2,1-4H3/t32-,33+/m1/s1. The molecule has 3 amide bonds. The van der Waals surface area contributed by atoms with Gasteiger partial charge in [0.25, 0.3) is 5.91 Å². The minimum atomic E-state index is -0.664. The topological polar surface area (TPSA) is 106 Å². The fourth-order valence-electron chi connectivity index (χ4n) is 6.90. The van der Waals surface area contributed by atoms with Gasteiger partial charge < -0.3 is 28.9 Å². The molecule has 2 fully saturated rings. The van der Waals surface area contributed by atoms with Gasteiger partial charge in [-0.15, -0.1) is 0 Å². The number of nitrogens with zero attached hydrogens (tertiary/aromatic N) is 3. The van der Waals surface area contributed by atoms with Crippen LogP contribution in [-0.2, 0) is 23.9 Å². The van der Waals surface area contributed by atoms with Crippen molar-refractivity contribution in [1.82, 2.24) is 4.90 Å². The maximum Gasteiger partial charge on any atom is 0.410 e. The Morgan fingerprint density at radius 1 is 0.940 bits per heavy atom. The molecular weight excluding hydrogens is 634 g/mol. The number of rotatable bonds is 10. The van der Waals surface area contributed by atoms with E-state index < -0.39 is 17.6 Å². The van der Waals surface area contributed by atoms with Crippen LogP contribution in [0.25, 0.3) is 11.1 Å². The molecule has 0 N–H and O–H groups in total. The van der Waals surface area contributed by atoms with Crippen LogP contribution in [0.3, 0.4) is 0 Å². The number of likely N-dealkylation sites (tertiary alicyclic amines) is 1. The van der Waals surface area contributed by atoms with E-state index in [0.29, 0.717) is 49.7 Å².